The van der Waals surface area contributed by atoms with Crippen LogP contribution in [-0.4, -0.2) is 35.1 Å². The third kappa shape index (κ3) is 3.60. The fraction of sp³-hybridized carbons (Fsp3) is 0.643. The summed E-state index contributed by atoms with van der Waals surface area (Å²) >= 11 is 1.96. The van der Waals surface area contributed by atoms with E-state index in [2.05, 4.69) is 29.0 Å². The number of pyridine rings is 1. The SMILES string of the molecule is CCNCc1ccnc(N2CC(C)SC(C)C2)c1F. The monoisotopic (exact) mass is 283 g/mol. The molecule has 0 radical (unpaired) electrons. The largest absolute Gasteiger partial charge is 0.352 e. The summed E-state index contributed by atoms with van der Waals surface area (Å²) in [5, 5.41) is 4.19. The van der Waals surface area contributed by atoms with Crippen molar-refractivity contribution in [2.24, 2.45) is 0 Å². The Morgan fingerprint density at radius 2 is 2.11 bits per heavy atom. The van der Waals surface area contributed by atoms with Gasteiger partial charge in [0.2, 0.25) is 0 Å². The van der Waals surface area contributed by atoms with E-state index in [-0.39, 0.29) is 5.82 Å². The van der Waals surface area contributed by atoms with Gasteiger partial charge >= 0.3 is 0 Å². The van der Waals surface area contributed by atoms with E-state index in [1.165, 1.54) is 0 Å². The lowest BCUT2D eigenvalue weighted by Crippen LogP contribution is -2.41. The zero-order valence-corrected chi connectivity index (χ0v) is 12.6. The van der Waals surface area contributed by atoms with Gasteiger partial charge in [-0.2, -0.15) is 11.8 Å². The van der Waals surface area contributed by atoms with Gasteiger partial charge in [-0.1, -0.05) is 20.8 Å². The second-order valence-corrected chi connectivity index (χ2v) is 6.93. The van der Waals surface area contributed by atoms with Crippen molar-refractivity contribution in [1.82, 2.24) is 10.3 Å². The van der Waals surface area contributed by atoms with Crippen molar-refractivity contribution in [3.8, 4) is 0 Å². The van der Waals surface area contributed by atoms with Crippen molar-refractivity contribution in [2.45, 2.75) is 37.8 Å². The molecule has 3 nitrogen and oxygen atoms in total. The highest BCUT2D eigenvalue weighted by atomic mass is 32.2. The number of anilines is 1. The van der Waals surface area contributed by atoms with Gasteiger partial charge in [0.05, 0.1) is 0 Å². The van der Waals surface area contributed by atoms with Gasteiger partial charge in [0, 0.05) is 41.9 Å². The van der Waals surface area contributed by atoms with Gasteiger partial charge in [0.1, 0.15) is 0 Å². The Balaban J connectivity index is 2.19. The predicted octanol–water partition coefficient (Wildman–Crippen LogP) is 2.66. The zero-order valence-electron chi connectivity index (χ0n) is 11.8. The van der Waals surface area contributed by atoms with Crippen LogP contribution < -0.4 is 10.2 Å². The summed E-state index contributed by atoms with van der Waals surface area (Å²) in [6, 6.07) is 1.76. The van der Waals surface area contributed by atoms with Crippen LogP contribution in [0.1, 0.15) is 26.3 Å². The molecule has 0 saturated carbocycles. The first-order valence-corrected chi connectivity index (χ1v) is 7.80. The lowest BCUT2D eigenvalue weighted by Gasteiger charge is -2.35. The number of rotatable bonds is 4. The summed E-state index contributed by atoms with van der Waals surface area (Å²) in [4.78, 5) is 6.33. The fourth-order valence-corrected chi connectivity index (χ4v) is 3.76. The summed E-state index contributed by atoms with van der Waals surface area (Å²) in [5.41, 5.74) is 0.699. The molecule has 2 rings (SSSR count). The number of nitrogens with zero attached hydrogens (tertiary/aromatic N) is 2. The Hall–Kier alpha value is -0.810. The van der Waals surface area contributed by atoms with Crippen molar-refractivity contribution in [1.29, 1.82) is 0 Å². The normalized spacial score (nSPS) is 23.7. The molecule has 1 aliphatic rings. The molecule has 0 spiro atoms. The molecule has 1 aromatic heterocycles. The second-order valence-electron chi connectivity index (χ2n) is 5.05. The molecule has 5 heteroatoms. The van der Waals surface area contributed by atoms with Crippen LogP contribution in [0.3, 0.4) is 0 Å². The highest BCUT2D eigenvalue weighted by molar-refractivity contribution is 8.00. The molecule has 0 amide bonds. The highest BCUT2D eigenvalue weighted by Crippen LogP contribution is 2.29. The van der Waals surface area contributed by atoms with Gasteiger partial charge < -0.3 is 10.2 Å². The van der Waals surface area contributed by atoms with Crippen LogP contribution in [0, 0.1) is 5.82 Å². The number of thioether (sulfide) groups is 1. The maximum atomic E-state index is 14.5. The molecule has 0 aromatic carbocycles. The summed E-state index contributed by atoms with van der Waals surface area (Å²) < 4.78 is 14.5. The highest BCUT2D eigenvalue weighted by Gasteiger charge is 2.25. The molecule has 2 unspecified atom stereocenters. The lowest BCUT2D eigenvalue weighted by molar-refractivity contribution is 0.575. The van der Waals surface area contributed by atoms with Crippen LogP contribution in [0.25, 0.3) is 0 Å². The van der Waals surface area contributed by atoms with E-state index in [9.17, 15) is 4.39 Å². The van der Waals surface area contributed by atoms with Crippen LogP contribution >= 0.6 is 11.8 Å². The Morgan fingerprint density at radius 1 is 1.42 bits per heavy atom. The molecule has 19 heavy (non-hydrogen) atoms. The average molecular weight is 283 g/mol. The minimum Gasteiger partial charge on any atom is -0.352 e. The van der Waals surface area contributed by atoms with Crippen LogP contribution in [0.15, 0.2) is 12.3 Å². The van der Waals surface area contributed by atoms with Crippen LogP contribution in [0.4, 0.5) is 10.2 Å². The first kappa shape index (κ1) is 14.6. The Morgan fingerprint density at radius 3 is 2.74 bits per heavy atom. The first-order chi connectivity index (χ1) is 9.11. The fourth-order valence-electron chi connectivity index (χ4n) is 2.44. The van der Waals surface area contributed by atoms with Crippen LogP contribution in [0.2, 0.25) is 0 Å². The second kappa shape index (κ2) is 6.57. The number of hydrogen-bond donors (Lipinski definition) is 1. The van der Waals surface area contributed by atoms with Gasteiger partial charge in [0.25, 0.3) is 0 Å². The molecule has 0 bridgehead atoms. The van der Waals surface area contributed by atoms with E-state index < -0.39 is 0 Å². The molecule has 2 atom stereocenters. The molecular formula is C14H22FN3S. The van der Waals surface area contributed by atoms with Crippen molar-refractivity contribution in [3.05, 3.63) is 23.6 Å². The van der Waals surface area contributed by atoms with Gasteiger partial charge in [0.15, 0.2) is 11.6 Å². The van der Waals surface area contributed by atoms with E-state index in [1.807, 2.05) is 18.7 Å². The Bertz CT molecular complexity index is 417. The van der Waals surface area contributed by atoms with Crippen molar-refractivity contribution < 1.29 is 4.39 Å². The molecule has 1 saturated heterocycles. The van der Waals surface area contributed by atoms with E-state index in [1.54, 1.807) is 12.3 Å². The molecule has 1 N–H and O–H groups in total. The number of aromatic nitrogens is 1. The minimum absolute atomic E-state index is 0.172. The summed E-state index contributed by atoms with van der Waals surface area (Å²) in [6.45, 7) is 9.52. The summed E-state index contributed by atoms with van der Waals surface area (Å²) in [7, 11) is 0. The van der Waals surface area contributed by atoms with Gasteiger partial charge in [-0.3, -0.25) is 0 Å². The van der Waals surface area contributed by atoms with Gasteiger partial charge in [-0.25, -0.2) is 9.37 Å². The van der Waals surface area contributed by atoms with Crippen molar-refractivity contribution in [3.63, 3.8) is 0 Å². The van der Waals surface area contributed by atoms with Gasteiger partial charge in [-0.15, -0.1) is 0 Å². The van der Waals surface area contributed by atoms with E-state index in [0.717, 1.165) is 19.6 Å². The van der Waals surface area contributed by atoms with E-state index >= 15 is 0 Å². The zero-order chi connectivity index (χ0) is 13.8. The van der Waals surface area contributed by atoms with Crippen molar-refractivity contribution >= 4 is 17.6 Å². The number of nitrogens with one attached hydrogen (secondary N) is 1. The Labute approximate surface area is 119 Å². The maximum Gasteiger partial charge on any atom is 0.170 e. The summed E-state index contributed by atoms with van der Waals surface area (Å²) in [5.74, 6) is 0.337. The van der Waals surface area contributed by atoms with E-state index in [0.29, 0.717) is 28.4 Å². The molecule has 1 fully saturated rings. The number of halogens is 1. The topological polar surface area (TPSA) is 28.2 Å². The predicted molar refractivity (Wildman–Crippen MR) is 80.3 cm³/mol. The van der Waals surface area contributed by atoms with Crippen LogP contribution in [-0.2, 0) is 6.54 Å². The van der Waals surface area contributed by atoms with Gasteiger partial charge in [-0.05, 0) is 12.6 Å². The first-order valence-electron chi connectivity index (χ1n) is 6.86. The minimum atomic E-state index is -0.172. The molecule has 0 aliphatic carbocycles. The van der Waals surface area contributed by atoms with E-state index in [4.69, 9.17) is 0 Å². The number of hydrogen-bond acceptors (Lipinski definition) is 4. The third-order valence-electron chi connectivity index (χ3n) is 3.24. The molecule has 106 valence electrons. The molecule has 1 aromatic rings. The standard InChI is InChI=1S/C14H22FN3S/c1-4-16-7-12-5-6-17-14(13(12)15)18-8-10(2)19-11(3)9-18/h5-6,10-11,16H,4,7-9H2,1-3H3. The van der Waals surface area contributed by atoms with Crippen molar-refractivity contribution in [2.75, 3.05) is 24.5 Å². The maximum absolute atomic E-state index is 14.5. The average Bonchev–Trinajstić information content (AvgIpc) is 2.36. The van der Waals surface area contributed by atoms with Crippen LogP contribution in [0.5, 0.6) is 0 Å². The quantitative estimate of drug-likeness (QED) is 0.919. The summed E-state index contributed by atoms with van der Waals surface area (Å²) in [6.07, 6.45) is 1.71. The lowest BCUT2D eigenvalue weighted by atomic mass is 10.2. The smallest absolute Gasteiger partial charge is 0.170 e. The molecule has 1 aliphatic heterocycles. The third-order valence-corrected chi connectivity index (χ3v) is 4.46. The molecular weight excluding hydrogens is 261 g/mol. The molecule has 2 heterocycles. The Kier molecular flexibility index (Phi) is 5.05.